The van der Waals surface area contributed by atoms with E-state index in [1.807, 2.05) is 4.68 Å². The number of Topliss-reactive ketones (excluding diaryl/α,β-unsaturated/α-hetero) is 1. The van der Waals surface area contributed by atoms with Crippen LogP contribution in [0.25, 0.3) is 10.8 Å². The number of aromatic nitrogens is 3. The van der Waals surface area contributed by atoms with E-state index in [2.05, 4.69) is 85.9 Å². The van der Waals surface area contributed by atoms with Crippen molar-refractivity contribution >= 4 is 34.3 Å². The maximum atomic E-state index is 13.1. The van der Waals surface area contributed by atoms with E-state index in [1.54, 1.807) is 11.8 Å². The van der Waals surface area contributed by atoms with Crippen molar-refractivity contribution in [3.8, 4) is 0 Å². The zero-order chi connectivity index (χ0) is 23.9. The molecule has 1 aliphatic heterocycles. The van der Waals surface area contributed by atoms with Crippen LogP contribution in [0.3, 0.4) is 0 Å². The molecule has 0 fully saturated rings. The quantitative estimate of drug-likeness (QED) is 0.316. The van der Waals surface area contributed by atoms with Gasteiger partial charge in [-0.25, -0.2) is 4.68 Å². The van der Waals surface area contributed by atoms with Gasteiger partial charge in [-0.3, -0.25) is 4.79 Å². The Bertz CT molecular complexity index is 1450. The smallest absolute Gasteiger partial charge is 0.227 e. The highest BCUT2D eigenvalue weighted by atomic mass is 32.2. The first-order valence-corrected chi connectivity index (χ1v) is 13.3. The summed E-state index contributed by atoms with van der Waals surface area (Å²) in [6, 6.07) is 23.3. The molecule has 1 aromatic heterocycles. The molecule has 0 saturated heterocycles. The Labute approximate surface area is 209 Å². The number of thioether (sulfide) groups is 1. The number of hydrogen-bond acceptors (Lipinski definition) is 5. The molecule has 176 valence electrons. The molecule has 3 aromatic carbocycles. The molecule has 2 aliphatic rings. The number of hydrogen-bond donors (Lipinski definition) is 1. The molecule has 6 heteroatoms. The molecular weight excluding hydrogens is 452 g/mol. The van der Waals surface area contributed by atoms with Gasteiger partial charge >= 0.3 is 0 Å². The number of nitrogens with zero attached hydrogens (tertiary/aromatic N) is 3. The van der Waals surface area contributed by atoms with Crippen molar-refractivity contribution in [3.05, 3.63) is 94.7 Å². The molecule has 0 spiro atoms. The number of allylic oxidation sites excluding steroid dienone is 2. The summed E-state index contributed by atoms with van der Waals surface area (Å²) >= 11 is 1.63. The summed E-state index contributed by atoms with van der Waals surface area (Å²) in [5, 5.41) is 11.6. The molecule has 2 heterocycles. The molecular formula is C29H28N4OS. The van der Waals surface area contributed by atoms with Crippen LogP contribution in [0.5, 0.6) is 0 Å². The summed E-state index contributed by atoms with van der Waals surface area (Å²) < 4.78 is 1.91. The van der Waals surface area contributed by atoms with Crippen LogP contribution >= 0.6 is 11.8 Å². The summed E-state index contributed by atoms with van der Waals surface area (Å²) in [5.74, 6) is 2.17. The van der Waals surface area contributed by atoms with E-state index >= 15 is 0 Å². The normalized spacial score (nSPS) is 17.5. The lowest BCUT2D eigenvalue weighted by Crippen LogP contribution is -2.31. The van der Waals surface area contributed by atoms with Crippen molar-refractivity contribution in [1.82, 2.24) is 14.8 Å². The zero-order valence-corrected chi connectivity index (χ0v) is 20.8. The third kappa shape index (κ3) is 4.06. The van der Waals surface area contributed by atoms with Crippen LogP contribution in [0.1, 0.15) is 61.8 Å². The number of rotatable bonds is 5. The predicted octanol–water partition coefficient (Wildman–Crippen LogP) is 6.87. The van der Waals surface area contributed by atoms with Crippen LogP contribution in [-0.2, 0) is 10.5 Å². The maximum Gasteiger partial charge on any atom is 0.227 e. The molecule has 0 radical (unpaired) electrons. The number of carbonyl (C=O) groups excluding carboxylic acids is 1. The van der Waals surface area contributed by atoms with Crippen LogP contribution < -0.4 is 5.32 Å². The molecule has 6 rings (SSSR count). The Morgan fingerprint density at radius 2 is 1.83 bits per heavy atom. The van der Waals surface area contributed by atoms with Crippen molar-refractivity contribution in [3.63, 3.8) is 0 Å². The fraction of sp³-hybridized carbons (Fsp3) is 0.276. The van der Waals surface area contributed by atoms with Gasteiger partial charge in [-0.2, -0.15) is 4.98 Å². The number of fused-ring (bicyclic) bond motifs is 2. The van der Waals surface area contributed by atoms with Crippen molar-refractivity contribution < 1.29 is 4.79 Å². The second kappa shape index (κ2) is 9.00. The molecule has 0 bridgehead atoms. The van der Waals surface area contributed by atoms with Gasteiger partial charge in [-0.15, -0.1) is 5.10 Å². The van der Waals surface area contributed by atoms with Gasteiger partial charge in [0, 0.05) is 23.4 Å². The fourth-order valence-corrected chi connectivity index (χ4v) is 5.96. The predicted molar refractivity (Wildman–Crippen MR) is 142 cm³/mol. The molecule has 1 N–H and O–H groups in total. The van der Waals surface area contributed by atoms with E-state index in [1.165, 1.54) is 21.9 Å². The monoisotopic (exact) mass is 480 g/mol. The van der Waals surface area contributed by atoms with Crippen LogP contribution in [-0.4, -0.2) is 20.5 Å². The zero-order valence-electron chi connectivity index (χ0n) is 20.0. The number of ketones is 1. The Morgan fingerprint density at radius 3 is 2.66 bits per heavy atom. The van der Waals surface area contributed by atoms with Gasteiger partial charge in [-0.05, 0) is 46.2 Å². The average molecular weight is 481 g/mol. The Kier molecular flexibility index (Phi) is 5.69. The van der Waals surface area contributed by atoms with Crippen molar-refractivity contribution in [2.75, 3.05) is 5.32 Å². The van der Waals surface area contributed by atoms with Gasteiger partial charge < -0.3 is 5.32 Å². The SMILES string of the molecule is CC(C)c1ccc(C2C3=C(CCCC3=O)Nc3nc(SCc4cccc5ccccc45)nn32)cc1. The van der Waals surface area contributed by atoms with Gasteiger partial charge in [0.05, 0.1) is 0 Å². The second-order valence-corrected chi connectivity index (χ2v) is 10.5. The molecule has 0 amide bonds. The second-order valence-electron chi connectivity index (χ2n) is 9.61. The van der Waals surface area contributed by atoms with Gasteiger partial charge in [0.25, 0.3) is 0 Å². The lowest BCUT2D eigenvalue weighted by Gasteiger charge is -2.32. The number of nitrogens with one attached hydrogen (secondary N) is 1. The van der Waals surface area contributed by atoms with E-state index < -0.39 is 0 Å². The number of carbonyl (C=O) groups is 1. The van der Waals surface area contributed by atoms with E-state index in [0.29, 0.717) is 12.3 Å². The van der Waals surface area contributed by atoms with Gasteiger partial charge in [0.1, 0.15) is 6.04 Å². The standard InChI is InChI=1S/C29H28N4OS/c1-18(2)19-13-15-21(16-14-19)27-26-24(11-6-12-25(26)34)30-28-31-29(32-33(27)28)35-17-22-9-5-8-20-7-3-4-10-23(20)22/h3-5,7-10,13-16,18,27H,6,11-12,17H2,1-2H3,(H,30,31,32). The van der Waals surface area contributed by atoms with Crippen LogP contribution in [0.15, 0.2) is 83.2 Å². The van der Waals surface area contributed by atoms with E-state index in [0.717, 1.165) is 46.5 Å². The van der Waals surface area contributed by atoms with Crippen LogP contribution in [0.4, 0.5) is 5.95 Å². The van der Waals surface area contributed by atoms with Crippen molar-refractivity contribution in [2.45, 2.75) is 56.0 Å². The molecule has 0 saturated carbocycles. The van der Waals surface area contributed by atoms with Crippen LogP contribution in [0.2, 0.25) is 0 Å². The third-order valence-corrected chi connectivity index (χ3v) is 7.89. The number of anilines is 1. The molecule has 1 aliphatic carbocycles. The summed E-state index contributed by atoms with van der Waals surface area (Å²) in [6.45, 7) is 4.39. The molecule has 1 atom stereocenters. The van der Waals surface area contributed by atoms with Crippen molar-refractivity contribution in [1.29, 1.82) is 0 Å². The molecule has 1 unspecified atom stereocenters. The lowest BCUT2D eigenvalue weighted by atomic mass is 9.85. The third-order valence-electron chi connectivity index (χ3n) is 7.00. The van der Waals surface area contributed by atoms with Crippen LogP contribution in [0, 0.1) is 0 Å². The van der Waals surface area contributed by atoms with Crippen molar-refractivity contribution in [2.24, 2.45) is 0 Å². The van der Waals surface area contributed by atoms with Gasteiger partial charge in [-0.1, -0.05) is 92.3 Å². The first-order chi connectivity index (χ1) is 17.1. The topological polar surface area (TPSA) is 59.8 Å². The molecule has 35 heavy (non-hydrogen) atoms. The minimum absolute atomic E-state index is 0.211. The first-order valence-electron chi connectivity index (χ1n) is 12.3. The van der Waals surface area contributed by atoms with Gasteiger partial charge in [0.2, 0.25) is 11.1 Å². The summed E-state index contributed by atoms with van der Waals surface area (Å²) in [4.78, 5) is 17.9. The Balaban J connectivity index is 1.35. The minimum atomic E-state index is -0.241. The summed E-state index contributed by atoms with van der Waals surface area (Å²) in [7, 11) is 0. The van der Waals surface area contributed by atoms with Gasteiger partial charge in [0.15, 0.2) is 5.78 Å². The molecule has 5 nitrogen and oxygen atoms in total. The highest BCUT2D eigenvalue weighted by molar-refractivity contribution is 7.98. The average Bonchev–Trinajstić information content (AvgIpc) is 3.29. The van der Waals surface area contributed by atoms with E-state index in [4.69, 9.17) is 10.1 Å². The lowest BCUT2D eigenvalue weighted by molar-refractivity contribution is -0.116. The maximum absolute atomic E-state index is 13.1. The first kappa shape index (κ1) is 22.1. The molecule has 4 aromatic rings. The highest BCUT2D eigenvalue weighted by Gasteiger charge is 2.36. The van der Waals surface area contributed by atoms with E-state index in [9.17, 15) is 4.79 Å². The largest absolute Gasteiger partial charge is 0.328 e. The Hall–Kier alpha value is -3.38. The summed E-state index contributed by atoms with van der Waals surface area (Å²) in [6.07, 6.45) is 2.33. The fourth-order valence-electron chi connectivity index (χ4n) is 5.13. The Morgan fingerprint density at radius 1 is 1.03 bits per heavy atom. The minimum Gasteiger partial charge on any atom is -0.328 e. The highest BCUT2D eigenvalue weighted by Crippen LogP contribution is 2.41. The summed E-state index contributed by atoms with van der Waals surface area (Å²) in [5.41, 5.74) is 5.48. The van der Waals surface area contributed by atoms with E-state index in [-0.39, 0.29) is 11.8 Å². The number of benzene rings is 3.